The summed E-state index contributed by atoms with van der Waals surface area (Å²) in [4.78, 5) is 35.6. The first-order chi connectivity index (χ1) is 9.86. The monoisotopic (exact) mass is 292 g/mol. The molecular formula is C14H16N2O5. The Kier molecular flexibility index (Phi) is 4.23. The Hall–Kier alpha value is -2.41. The van der Waals surface area contributed by atoms with Crippen molar-refractivity contribution in [1.82, 2.24) is 4.90 Å². The Morgan fingerprint density at radius 2 is 2.10 bits per heavy atom. The average Bonchev–Trinajstić information content (AvgIpc) is 2.38. The minimum Gasteiger partial charge on any atom is -0.480 e. The van der Waals surface area contributed by atoms with Gasteiger partial charge in [-0.15, -0.1) is 0 Å². The lowest BCUT2D eigenvalue weighted by Gasteiger charge is -2.23. The maximum atomic E-state index is 12.1. The molecule has 1 aliphatic rings. The van der Waals surface area contributed by atoms with Crippen LogP contribution in [0.15, 0.2) is 18.2 Å². The van der Waals surface area contributed by atoms with Gasteiger partial charge in [0.1, 0.15) is 5.75 Å². The van der Waals surface area contributed by atoms with E-state index >= 15 is 0 Å². The quantitative estimate of drug-likeness (QED) is 0.772. The van der Waals surface area contributed by atoms with Crippen molar-refractivity contribution in [1.29, 1.82) is 0 Å². The van der Waals surface area contributed by atoms with E-state index in [0.29, 0.717) is 17.0 Å². The van der Waals surface area contributed by atoms with Crippen LogP contribution in [0.3, 0.4) is 0 Å². The van der Waals surface area contributed by atoms with Gasteiger partial charge in [-0.2, -0.15) is 0 Å². The molecule has 1 heterocycles. The van der Waals surface area contributed by atoms with Crippen LogP contribution in [0.1, 0.15) is 17.3 Å². The van der Waals surface area contributed by atoms with Crippen LogP contribution in [0.25, 0.3) is 0 Å². The molecule has 0 fully saturated rings. The molecule has 0 saturated carbocycles. The molecule has 2 N–H and O–H groups in total. The molecule has 1 atom stereocenters. The van der Waals surface area contributed by atoms with E-state index in [0.717, 1.165) is 0 Å². The fourth-order valence-corrected chi connectivity index (χ4v) is 2.01. The molecule has 1 aromatic carbocycles. The molecule has 0 saturated heterocycles. The lowest BCUT2D eigenvalue weighted by atomic mass is 10.1. The number of amides is 1. The third kappa shape index (κ3) is 3.57. The second-order valence-electron chi connectivity index (χ2n) is 4.95. The van der Waals surface area contributed by atoms with Gasteiger partial charge in [0.15, 0.2) is 11.9 Å². The van der Waals surface area contributed by atoms with Crippen LogP contribution >= 0.6 is 0 Å². The Balaban J connectivity index is 2.11. The third-order valence-corrected chi connectivity index (χ3v) is 3.05. The molecule has 0 spiro atoms. The number of ether oxygens (including phenoxy) is 1. The van der Waals surface area contributed by atoms with E-state index < -0.39 is 12.1 Å². The van der Waals surface area contributed by atoms with E-state index in [1.165, 1.54) is 11.0 Å². The number of nitrogens with zero attached hydrogens (tertiary/aromatic N) is 1. The smallest absolute Gasteiger partial charge is 0.317 e. The summed E-state index contributed by atoms with van der Waals surface area (Å²) in [6, 6.07) is 4.76. The number of carbonyl (C=O) groups is 3. The zero-order valence-electron chi connectivity index (χ0n) is 11.8. The number of carbonyl (C=O) groups excluding carboxylic acids is 2. The molecule has 21 heavy (non-hydrogen) atoms. The van der Waals surface area contributed by atoms with Crippen LogP contribution < -0.4 is 10.1 Å². The third-order valence-electron chi connectivity index (χ3n) is 3.05. The Labute approximate surface area is 121 Å². The van der Waals surface area contributed by atoms with Gasteiger partial charge in [-0.3, -0.25) is 19.3 Å². The Morgan fingerprint density at radius 1 is 1.38 bits per heavy atom. The lowest BCUT2D eigenvalue weighted by Crippen LogP contribution is -2.34. The van der Waals surface area contributed by atoms with Crippen LogP contribution in [-0.2, 0) is 9.59 Å². The number of Topliss-reactive ketones (excluding diaryl/α,β-unsaturated/α-hetero) is 1. The number of aliphatic carboxylic acids is 1. The van der Waals surface area contributed by atoms with Gasteiger partial charge in [-0.25, -0.2) is 0 Å². The molecule has 0 radical (unpaired) electrons. The standard InChI is InChI=1S/C14H16N2O5/c1-8-14(20)15-10-5-9(3-4-12(10)21-8)11(17)6-16(2)7-13(18)19/h3-5,8H,6-7H2,1-2H3,(H,15,20)(H,18,19). The zero-order valence-corrected chi connectivity index (χ0v) is 11.8. The van der Waals surface area contributed by atoms with E-state index in [9.17, 15) is 14.4 Å². The summed E-state index contributed by atoms with van der Waals surface area (Å²) in [5.74, 6) is -0.979. The average molecular weight is 292 g/mol. The number of likely N-dealkylation sites (N-methyl/N-ethyl adjacent to an activating group) is 1. The summed E-state index contributed by atoms with van der Waals surface area (Å²) in [6.45, 7) is 1.41. The van der Waals surface area contributed by atoms with Crippen LogP contribution in [0, 0.1) is 0 Å². The molecular weight excluding hydrogens is 276 g/mol. The second-order valence-corrected chi connectivity index (χ2v) is 4.95. The molecule has 1 aliphatic heterocycles. The van der Waals surface area contributed by atoms with Gasteiger partial charge in [0.05, 0.1) is 18.8 Å². The highest BCUT2D eigenvalue weighted by molar-refractivity contribution is 6.02. The van der Waals surface area contributed by atoms with Gasteiger partial charge >= 0.3 is 5.97 Å². The highest BCUT2D eigenvalue weighted by atomic mass is 16.5. The van der Waals surface area contributed by atoms with Crippen molar-refractivity contribution in [2.45, 2.75) is 13.0 Å². The van der Waals surface area contributed by atoms with Crippen molar-refractivity contribution >= 4 is 23.3 Å². The minimum atomic E-state index is -0.995. The number of nitrogens with one attached hydrogen (secondary N) is 1. The van der Waals surface area contributed by atoms with Gasteiger partial charge in [-0.05, 0) is 32.2 Å². The summed E-state index contributed by atoms with van der Waals surface area (Å²) >= 11 is 0. The normalized spacial score (nSPS) is 16.9. The first kappa shape index (κ1) is 15.0. The Morgan fingerprint density at radius 3 is 2.76 bits per heavy atom. The summed E-state index contributed by atoms with van der Waals surface area (Å²) in [7, 11) is 1.55. The summed E-state index contributed by atoms with van der Waals surface area (Å²) in [6.07, 6.45) is -0.569. The number of carboxylic acid groups (broad SMARTS) is 1. The van der Waals surface area contributed by atoms with Gasteiger partial charge in [0.25, 0.3) is 5.91 Å². The first-order valence-corrected chi connectivity index (χ1v) is 6.42. The van der Waals surface area contributed by atoms with Gasteiger partial charge in [-0.1, -0.05) is 0 Å². The van der Waals surface area contributed by atoms with Crippen molar-refractivity contribution in [3.63, 3.8) is 0 Å². The molecule has 2 rings (SSSR count). The molecule has 1 unspecified atom stereocenters. The van der Waals surface area contributed by atoms with E-state index in [1.807, 2.05) is 0 Å². The fraction of sp³-hybridized carbons (Fsp3) is 0.357. The van der Waals surface area contributed by atoms with Crippen LogP contribution in [0.5, 0.6) is 5.75 Å². The van der Waals surface area contributed by atoms with E-state index in [-0.39, 0.29) is 24.8 Å². The minimum absolute atomic E-state index is 0.0176. The number of hydrogen-bond acceptors (Lipinski definition) is 5. The Bertz CT molecular complexity index is 599. The van der Waals surface area contributed by atoms with Gasteiger partial charge in [0, 0.05) is 5.56 Å². The fourth-order valence-electron chi connectivity index (χ4n) is 2.01. The molecule has 1 amide bonds. The van der Waals surface area contributed by atoms with Gasteiger partial charge < -0.3 is 15.2 Å². The number of ketones is 1. The van der Waals surface area contributed by atoms with Crippen molar-refractivity contribution in [2.75, 3.05) is 25.5 Å². The van der Waals surface area contributed by atoms with Gasteiger partial charge in [0.2, 0.25) is 0 Å². The maximum Gasteiger partial charge on any atom is 0.317 e. The zero-order chi connectivity index (χ0) is 15.6. The van der Waals surface area contributed by atoms with Crippen molar-refractivity contribution < 1.29 is 24.2 Å². The maximum absolute atomic E-state index is 12.1. The topological polar surface area (TPSA) is 95.9 Å². The largest absolute Gasteiger partial charge is 0.480 e. The van der Waals surface area contributed by atoms with Crippen LogP contribution in [0.4, 0.5) is 5.69 Å². The molecule has 112 valence electrons. The van der Waals surface area contributed by atoms with Crippen molar-refractivity contribution in [2.24, 2.45) is 0 Å². The summed E-state index contributed by atoms with van der Waals surface area (Å²) in [5.41, 5.74) is 0.842. The number of hydrogen-bond donors (Lipinski definition) is 2. The number of fused-ring (bicyclic) bond motifs is 1. The van der Waals surface area contributed by atoms with Crippen LogP contribution in [0.2, 0.25) is 0 Å². The first-order valence-electron chi connectivity index (χ1n) is 6.42. The summed E-state index contributed by atoms with van der Waals surface area (Å²) in [5, 5.41) is 11.3. The molecule has 0 aromatic heterocycles. The molecule has 1 aromatic rings. The number of benzene rings is 1. The second kappa shape index (κ2) is 5.92. The highest BCUT2D eigenvalue weighted by Crippen LogP contribution is 2.30. The summed E-state index contributed by atoms with van der Waals surface area (Å²) < 4.78 is 5.40. The van der Waals surface area contributed by atoms with E-state index in [4.69, 9.17) is 9.84 Å². The number of anilines is 1. The van der Waals surface area contributed by atoms with Crippen molar-refractivity contribution in [3.05, 3.63) is 23.8 Å². The van der Waals surface area contributed by atoms with Crippen molar-refractivity contribution in [3.8, 4) is 5.75 Å². The molecule has 7 nitrogen and oxygen atoms in total. The predicted molar refractivity (Wildman–Crippen MR) is 74.6 cm³/mol. The number of rotatable bonds is 5. The molecule has 7 heteroatoms. The molecule has 0 aliphatic carbocycles. The van der Waals surface area contributed by atoms with Crippen LogP contribution in [-0.4, -0.2) is 53.9 Å². The van der Waals surface area contributed by atoms with E-state index in [2.05, 4.69) is 5.32 Å². The predicted octanol–water partition coefficient (Wildman–Crippen LogP) is 0.605. The highest BCUT2D eigenvalue weighted by Gasteiger charge is 2.24. The van der Waals surface area contributed by atoms with E-state index in [1.54, 1.807) is 26.1 Å². The lowest BCUT2D eigenvalue weighted by molar-refractivity contribution is -0.137. The SMILES string of the molecule is CC1Oc2ccc(C(=O)CN(C)CC(=O)O)cc2NC1=O. The molecule has 0 bridgehead atoms. The number of carboxylic acids is 1.